The fraction of sp³-hybridized carbons (Fsp3) is 0.250. The van der Waals surface area contributed by atoms with Crippen molar-refractivity contribution in [3.8, 4) is 5.75 Å². The van der Waals surface area contributed by atoms with Crippen molar-refractivity contribution in [1.29, 1.82) is 0 Å². The van der Waals surface area contributed by atoms with Gasteiger partial charge in [0.05, 0.1) is 18.8 Å². The first kappa shape index (κ1) is 18.0. The van der Waals surface area contributed by atoms with Crippen LogP contribution in [-0.2, 0) is 4.79 Å². The Morgan fingerprint density at radius 1 is 1.32 bits per heavy atom. The molecule has 1 aromatic carbocycles. The predicted octanol–water partition coefficient (Wildman–Crippen LogP) is 2.33. The van der Waals surface area contributed by atoms with E-state index in [2.05, 4.69) is 10.3 Å². The number of methoxy groups -OCH3 is 1. The summed E-state index contributed by atoms with van der Waals surface area (Å²) in [5, 5.41) is 2.72. The highest BCUT2D eigenvalue weighted by molar-refractivity contribution is 5.99. The second-order valence-corrected chi connectivity index (χ2v) is 6.73. The molecule has 1 aliphatic heterocycles. The molecule has 3 heterocycles. The van der Waals surface area contributed by atoms with Crippen molar-refractivity contribution in [2.45, 2.75) is 19.4 Å². The molecule has 0 aliphatic carbocycles. The molecule has 1 atom stereocenters. The molecule has 1 aliphatic rings. The number of fused-ring (bicyclic) bond motifs is 1. The van der Waals surface area contributed by atoms with Crippen molar-refractivity contribution in [3.63, 3.8) is 0 Å². The molecule has 0 saturated carbocycles. The number of ether oxygens (including phenoxy) is 1. The maximum Gasteiger partial charge on any atom is 0.274 e. The van der Waals surface area contributed by atoms with Crippen molar-refractivity contribution >= 4 is 23.1 Å². The molecule has 2 aromatic heterocycles. The number of imidazole rings is 1. The number of nitrogens with zero attached hydrogens (tertiary/aromatic N) is 3. The Labute approximate surface area is 160 Å². The summed E-state index contributed by atoms with van der Waals surface area (Å²) in [5.41, 5.74) is 1.63. The van der Waals surface area contributed by atoms with Gasteiger partial charge in [-0.2, -0.15) is 4.39 Å². The van der Waals surface area contributed by atoms with Gasteiger partial charge in [-0.3, -0.25) is 14.0 Å². The zero-order valence-electron chi connectivity index (χ0n) is 15.5. The van der Waals surface area contributed by atoms with Crippen molar-refractivity contribution in [3.05, 3.63) is 59.8 Å². The van der Waals surface area contributed by atoms with Crippen LogP contribution in [0.3, 0.4) is 0 Å². The maximum absolute atomic E-state index is 14.5. The summed E-state index contributed by atoms with van der Waals surface area (Å²) in [6.07, 6.45) is 1.66. The Morgan fingerprint density at radius 3 is 2.89 bits per heavy atom. The van der Waals surface area contributed by atoms with E-state index in [0.717, 1.165) is 5.56 Å². The van der Waals surface area contributed by atoms with Gasteiger partial charge in [0.15, 0.2) is 5.69 Å². The number of nitrogens with one attached hydrogen (secondary N) is 1. The van der Waals surface area contributed by atoms with Crippen LogP contribution in [0, 0.1) is 12.9 Å². The number of pyridine rings is 1. The molecule has 8 heteroatoms. The highest BCUT2D eigenvalue weighted by Gasteiger charge is 2.34. The van der Waals surface area contributed by atoms with Crippen LogP contribution in [0.4, 0.5) is 10.1 Å². The fourth-order valence-corrected chi connectivity index (χ4v) is 3.40. The standard InChI is InChI=1S/C20H19FN4O3/c1-12-7-8-24-16(9-12)23-18(19(24)21)20(27)22-13-10-17(26)25(11-13)14-5-3-4-6-15(14)28-2/h3-9,13H,10-11H2,1-2H3,(H,22,27). The lowest BCUT2D eigenvalue weighted by Crippen LogP contribution is -2.37. The molecule has 0 bridgehead atoms. The minimum absolute atomic E-state index is 0.123. The molecule has 4 rings (SSSR count). The van der Waals surface area contributed by atoms with Gasteiger partial charge in [-0.1, -0.05) is 12.1 Å². The molecule has 1 N–H and O–H groups in total. The first-order chi connectivity index (χ1) is 13.5. The van der Waals surface area contributed by atoms with E-state index in [9.17, 15) is 14.0 Å². The number of benzene rings is 1. The molecular weight excluding hydrogens is 363 g/mol. The monoisotopic (exact) mass is 382 g/mol. The largest absolute Gasteiger partial charge is 0.495 e. The zero-order chi connectivity index (χ0) is 19.8. The molecule has 1 fully saturated rings. The zero-order valence-corrected chi connectivity index (χ0v) is 15.5. The van der Waals surface area contributed by atoms with E-state index in [1.54, 1.807) is 29.2 Å². The SMILES string of the molecule is COc1ccccc1N1CC(NC(=O)c2nc3cc(C)ccn3c2F)CC1=O. The van der Waals surface area contributed by atoms with Crippen LogP contribution in [-0.4, -0.2) is 40.9 Å². The second kappa shape index (κ2) is 6.95. The lowest BCUT2D eigenvalue weighted by atomic mass is 10.2. The predicted molar refractivity (Wildman–Crippen MR) is 101 cm³/mol. The van der Waals surface area contributed by atoms with Crippen molar-refractivity contribution in [2.24, 2.45) is 0 Å². The number of halogens is 1. The fourth-order valence-electron chi connectivity index (χ4n) is 3.40. The molecular formula is C20H19FN4O3. The molecule has 3 aromatic rings. The number of hydrogen-bond acceptors (Lipinski definition) is 4. The number of para-hydroxylation sites is 2. The molecule has 144 valence electrons. The number of aryl methyl sites for hydroxylation is 1. The van der Waals surface area contributed by atoms with Gasteiger partial charge in [0, 0.05) is 19.2 Å². The molecule has 2 amide bonds. The summed E-state index contributed by atoms with van der Waals surface area (Å²) in [6.45, 7) is 2.14. The van der Waals surface area contributed by atoms with E-state index in [1.165, 1.54) is 17.7 Å². The van der Waals surface area contributed by atoms with E-state index < -0.39 is 17.9 Å². The average molecular weight is 382 g/mol. The van der Waals surface area contributed by atoms with Gasteiger partial charge in [-0.25, -0.2) is 4.98 Å². The van der Waals surface area contributed by atoms with E-state index in [4.69, 9.17) is 4.74 Å². The minimum Gasteiger partial charge on any atom is -0.495 e. The number of aromatic nitrogens is 2. The summed E-state index contributed by atoms with van der Waals surface area (Å²) in [4.78, 5) is 30.7. The summed E-state index contributed by atoms with van der Waals surface area (Å²) in [7, 11) is 1.53. The molecule has 7 nitrogen and oxygen atoms in total. The van der Waals surface area contributed by atoms with Crippen LogP contribution in [0.25, 0.3) is 5.65 Å². The van der Waals surface area contributed by atoms with Gasteiger partial charge >= 0.3 is 0 Å². The lowest BCUT2D eigenvalue weighted by Gasteiger charge is -2.19. The molecule has 0 spiro atoms. The molecule has 1 saturated heterocycles. The van der Waals surface area contributed by atoms with Crippen molar-refractivity contribution in [1.82, 2.24) is 14.7 Å². The van der Waals surface area contributed by atoms with Gasteiger partial charge in [0.1, 0.15) is 11.4 Å². The third-order valence-electron chi connectivity index (χ3n) is 4.77. The Bertz CT molecular complexity index is 1080. The highest BCUT2D eigenvalue weighted by Crippen LogP contribution is 2.31. The number of amides is 2. The normalized spacial score (nSPS) is 16.6. The van der Waals surface area contributed by atoms with Crippen LogP contribution < -0.4 is 15.0 Å². The first-order valence-electron chi connectivity index (χ1n) is 8.86. The maximum atomic E-state index is 14.5. The van der Waals surface area contributed by atoms with E-state index >= 15 is 0 Å². The van der Waals surface area contributed by atoms with Gasteiger partial charge in [0.25, 0.3) is 5.91 Å². The Hall–Kier alpha value is -3.42. The van der Waals surface area contributed by atoms with E-state index in [0.29, 0.717) is 17.1 Å². The average Bonchev–Trinajstić information content (AvgIpc) is 3.21. The minimum atomic E-state index is -0.724. The van der Waals surface area contributed by atoms with Crippen LogP contribution in [0.2, 0.25) is 0 Å². The Balaban J connectivity index is 1.53. The summed E-state index contributed by atoms with van der Waals surface area (Å²) in [5.74, 6) is -0.928. The van der Waals surface area contributed by atoms with Gasteiger partial charge < -0.3 is 15.0 Å². The summed E-state index contributed by atoms with van der Waals surface area (Å²) < 4.78 is 21.1. The Kier molecular flexibility index (Phi) is 4.46. The van der Waals surface area contributed by atoms with Crippen LogP contribution in [0.1, 0.15) is 22.5 Å². The Morgan fingerprint density at radius 2 is 2.11 bits per heavy atom. The topological polar surface area (TPSA) is 75.9 Å². The van der Waals surface area contributed by atoms with Gasteiger partial charge in [-0.05, 0) is 36.8 Å². The quantitative estimate of drug-likeness (QED) is 0.751. The van der Waals surface area contributed by atoms with Crippen LogP contribution in [0.5, 0.6) is 5.75 Å². The third kappa shape index (κ3) is 3.06. The molecule has 0 radical (unpaired) electrons. The summed E-state index contributed by atoms with van der Waals surface area (Å²) in [6, 6.07) is 10.2. The first-order valence-corrected chi connectivity index (χ1v) is 8.86. The van der Waals surface area contributed by atoms with Gasteiger partial charge in [-0.15, -0.1) is 0 Å². The lowest BCUT2D eigenvalue weighted by molar-refractivity contribution is -0.117. The van der Waals surface area contributed by atoms with Crippen LogP contribution in [0.15, 0.2) is 42.6 Å². The second-order valence-electron chi connectivity index (χ2n) is 6.73. The van der Waals surface area contributed by atoms with E-state index in [-0.39, 0.29) is 24.6 Å². The number of carbonyl (C=O) groups is 2. The molecule has 1 unspecified atom stereocenters. The number of anilines is 1. The number of carbonyl (C=O) groups excluding carboxylic acids is 2. The number of rotatable bonds is 4. The summed E-state index contributed by atoms with van der Waals surface area (Å²) >= 11 is 0. The van der Waals surface area contributed by atoms with Crippen molar-refractivity contribution < 1.29 is 18.7 Å². The molecule has 28 heavy (non-hydrogen) atoms. The van der Waals surface area contributed by atoms with Crippen LogP contribution >= 0.6 is 0 Å². The highest BCUT2D eigenvalue weighted by atomic mass is 19.1. The van der Waals surface area contributed by atoms with E-state index in [1.807, 2.05) is 19.1 Å². The number of hydrogen-bond donors (Lipinski definition) is 1. The van der Waals surface area contributed by atoms with Gasteiger partial charge in [0.2, 0.25) is 11.9 Å². The smallest absolute Gasteiger partial charge is 0.274 e. The van der Waals surface area contributed by atoms with Crippen molar-refractivity contribution in [2.75, 3.05) is 18.6 Å². The third-order valence-corrected chi connectivity index (χ3v) is 4.77.